The molecule has 6 nitrogen and oxygen atoms in total. The van der Waals surface area contributed by atoms with E-state index in [1.807, 2.05) is 19.9 Å². The largest absolute Gasteiger partial charge is 0.306 e. The zero-order chi connectivity index (χ0) is 13.1. The van der Waals surface area contributed by atoms with Crippen LogP contribution in [0.5, 0.6) is 0 Å². The molecule has 0 atom stereocenters. The summed E-state index contributed by atoms with van der Waals surface area (Å²) in [5.74, 6) is 0.00861. The standard InChI is InChI=1S/C11H12ClN5O/c1-7-5-8(2)17(16-7)6-9(18)15-11-10(12)13-3-4-14-11/h3-5H,6H2,1-2H3,(H,14,15,18). The zero-order valence-electron chi connectivity index (χ0n) is 10.0. The van der Waals surface area contributed by atoms with E-state index in [0.717, 1.165) is 11.4 Å². The Kier molecular flexibility index (Phi) is 3.57. The summed E-state index contributed by atoms with van der Waals surface area (Å²) < 4.78 is 1.62. The Morgan fingerprint density at radius 2 is 2.11 bits per heavy atom. The third kappa shape index (κ3) is 2.84. The lowest BCUT2D eigenvalue weighted by molar-refractivity contribution is -0.117. The van der Waals surface area contributed by atoms with Crippen LogP contribution in [0.1, 0.15) is 11.4 Å². The molecule has 0 aliphatic rings. The molecule has 0 saturated heterocycles. The zero-order valence-corrected chi connectivity index (χ0v) is 10.8. The Bertz CT molecular complexity index is 581. The van der Waals surface area contributed by atoms with E-state index in [1.54, 1.807) is 4.68 Å². The van der Waals surface area contributed by atoms with E-state index in [9.17, 15) is 4.79 Å². The van der Waals surface area contributed by atoms with Gasteiger partial charge in [0.05, 0.1) is 5.69 Å². The molecule has 2 aromatic heterocycles. The fourth-order valence-electron chi connectivity index (χ4n) is 1.55. The van der Waals surface area contributed by atoms with Crippen LogP contribution in [0.2, 0.25) is 5.15 Å². The lowest BCUT2D eigenvalue weighted by atomic mass is 10.4. The number of hydrogen-bond donors (Lipinski definition) is 1. The van der Waals surface area contributed by atoms with Gasteiger partial charge in [0.15, 0.2) is 11.0 Å². The molecule has 0 bridgehead atoms. The van der Waals surface area contributed by atoms with Crippen LogP contribution in [0.4, 0.5) is 5.82 Å². The van der Waals surface area contributed by atoms with Gasteiger partial charge in [-0.2, -0.15) is 5.10 Å². The topological polar surface area (TPSA) is 72.7 Å². The number of hydrogen-bond acceptors (Lipinski definition) is 4. The number of anilines is 1. The Morgan fingerprint density at radius 1 is 1.39 bits per heavy atom. The van der Waals surface area contributed by atoms with Gasteiger partial charge in [-0.05, 0) is 19.9 Å². The number of nitrogens with zero attached hydrogens (tertiary/aromatic N) is 4. The molecule has 2 aromatic rings. The fraction of sp³-hybridized carbons (Fsp3) is 0.273. The number of carbonyl (C=O) groups is 1. The summed E-state index contributed by atoms with van der Waals surface area (Å²) in [4.78, 5) is 19.6. The molecule has 2 rings (SSSR count). The Morgan fingerprint density at radius 3 is 2.72 bits per heavy atom. The predicted molar refractivity (Wildman–Crippen MR) is 67.4 cm³/mol. The maximum atomic E-state index is 11.8. The van der Waals surface area contributed by atoms with Gasteiger partial charge in [-0.25, -0.2) is 9.97 Å². The van der Waals surface area contributed by atoms with Crippen molar-refractivity contribution in [3.8, 4) is 0 Å². The van der Waals surface area contributed by atoms with Crippen molar-refractivity contribution in [2.45, 2.75) is 20.4 Å². The third-order valence-corrected chi connectivity index (χ3v) is 2.58. The van der Waals surface area contributed by atoms with Crippen molar-refractivity contribution in [3.63, 3.8) is 0 Å². The lowest BCUT2D eigenvalue weighted by Crippen LogP contribution is -2.21. The number of rotatable bonds is 3. The molecule has 2 heterocycles. The van der Waals surface area contributed by atoms with Gasteiger partial charge in [0, 0.05) is 18.1 Å². The maximum Gasteiger partial charge on any atom is 0.247 e. The highest BCUT2D eigenvalue weighted by atomic mass is 35.5. The molecule has 94 valence electrons. The highest BCUT2D eigenvalue weighted by Gasteiger charge is 2.10. The first-order chi connectivity index (χ1) is 8.56. The molecule has 0 saturated carbocycles. The van der Waals surface area contributed by atoms with Gasteiger partial charge in [-0.1, -0.05) is 11.6 Å². The average Bonchev–Trinajstić information content (AvgIpc) is 2.61. The van der Waals surface area contributed by atoms with E-state index in [-0.39, 0.29) is 23.4 Å². The minimum atomic E-state index is -0.247. The minimum Gasteiger partial charge on any atom is -0.306 e. The number of carbonyl (C=O) groups excluding carboxylic acids is 1. The normalized spacial score (nSPS) is 10.4. The van der Waals surface area contributed by atoms with E-state index < -0.39 is 0 Å². The molecule has 0 spiro atoms. The molecule has 0 aromatic carbocycles. The first-order valence-corrected chi connectivity index (χ1v) is 5.71. The van der Waals surface area contributed by atoms with Gasteiger partial charge in [0.1, 0.15) is 6.54 Å². The molecule has 0 aliphatic heterocycles. The summed E-state index contributed by atoms with van der Waals surface area (Å²) in [6, 6.07) is 1.91. The second-order valence-corrected chi connectivity index (χ2v) is 4.19. The molecule has 0 radical (unpaired) electrons. The van der Waals surface area contributed by atoms with E-state index in [2.05, 4.69) is 20.4 Å². The number of amides is 1. The van der Waals surface area contributed by atoms with E-state index in [1.165, 1.54) is 12.4 Å². The molecular weight excluding hydrogens is 254 g/mol. The van der Waals surface area contributed by atoms with Crippen LogP contribution < -0.4 is 5.32 Å². The van der Waals surface area contributed by atoms with Gasteiger partial charge >= 0.3 is 0 Å². The van der Waals surface area contributed by atoms with Gasteiger partial charge < -0.3 is 5.32 Å². The summed E-state index contributed by atoms with van der Waals surface area (Å²) in [5, 5.41) is 6.96. The average molecular weight is 266 g/mol. The fourth-order valence-corrected chi connectivity index (χ4v) is 1.70. The smallest absolute Gasteiger partial charge is 0.247 e. The number of halogens is 1. The highest BCUT2D eigenvalue weighted by molar-refractivity contribution is 6.32. The second kappa shape index (κ2) is 5.14. The summed E-state index contributed by atoms with van der Waals surface area (Å²) in [6.07, 6.45) is 2.92. The van der Waals surface area contributed by atoms with Crippen molar-refractivity contribution in [2.75, 3.05) is 5.32 Å². The predicted octanol–water partition coefficient (Wildman–Crippen LogP) is 1.58. The quantitative estimate of drug-likeness (QED) is 0.915. The number of aryl methyl sites for hydroxylation is 2. The summed E-state index contributed by atoms with van der Waals surface area (Å²) >= 11 is 5.80. The first kappa shape index (κ1) is 12.5. The highest BCUT2D eigenvalue weighted by Crippen LogP contribution is 2.14. The van der Waals surface area contributed by atoms with Gasteiger partial charge in [-0.3, -0.25) is 9.48 Å². The maximum absolute atomic E-state index is 11.8. The van der Waals surface area contributed by atoms with Crippen molar-refractivity contribution in [3.05, 3.63) is 35.0 Å². The molecule has 1 amide bonds. The van der Waals surface area contributed by atoms with Crippen LogP contribution in [-0.4, -0.2) is 25.7 Å². The van der Waals surface area contributed by atoms with Crippen LogP contribution in [0, 0.1) is 13.8 Å². The van der Waals surface area contributed by atoms with Gasteiger partial charge in [-0.15, -0.1) is 0 Å². The lowest BCUT2D eigenvalue weighted by Gasteiger charge is -2.06. The Balaban J connectivity index is 2.06. The Labute approximate surface area is 109 Å². The molecule has 0 aliphatic carbocycles. The molecule has 0 unspecified atom stereocenters. The van der Waals surface area contributed by atoms with Crippen LogP contribution >= 0.6 is 11.6 Å². The second-order valence-electron chi connectivity index (χ2n) is 3.83. The van der Waals surface area contributed by atoms with E-state index in [0.29, 0.717) is 0 Å². The van der Waals surface area contributed by atoms with Crippen molar-refractivity contribution < 1.29 is 4.79 Å². The first-order valence-electron chi connectivity index (χ1n) is 5.33. The molecule has 18 heavy (non-hydrogen) atoms. The van der Waals surface area contributed by atoms with E-state index in [4.69, 9.17) is 11.6 Å². The van der Waals surface area contributed by atoms with Crippen LogP contribution in [0.25, 0.3) is 0 Å². The van der Waals surface area contributed by atoms with Crippen molar-refractivity contribution in [1.82, 2.24) is 19.7 Å². The summed E-state index contributed by atoms with van der Waals surface area (Å²) in [5.41, 5.74) is 1.80. The van der Waals surface area contributed by atoms with Crippen LogP contribution in [0.15, 0.2) is 18.5 Å². The Hall–Kier alpha value is -1.95. The molecule has 7 heteroatoms. The van der Waals surface area contributed by atoms with Crippen LogP contribution in [0.3, 0.4) is 0 Å². The van der Waals surface area contributed by atoms with Gasteiger partial charge in [0.2, 0.25) is 5.91 Å². The molecular formula is C11H12ClN5O. The van der Waals surface area contributed by atoms with Crippen molar-refractivity contribution >= 4 is 23.3 Å². The summed E-state index contributed by atoms with van der Waals surface area (Å²) in [7, 11) is 0. The third-order valence-electron chi connectivity index (χ3n) is 2.31. The number of nitrogens with one attached hydrogen (secondary N) is 1. The van der Waals surface area contributed by atoms with Crippen molar-refractivity contribution in [1.29, 1.82) is 0 Å². The SMILES string of the molecule is Cc1cc(C)n(CC(=O)Nc2nccnc2Cl)n1. The number of aromatic nitrogens is 4. The molecule has 1 N–H and O–H groups in total. The molecule has 0 fully saturated rings. The minimum absolute atomic E-state index is 0.118. The van der Waals surface area contributed by atoms with Crippen LogP contribution in [-0.2, 0) is 11.3 Å². The summed E-state index contributed by atoms with van der Waals surface area (Å²) in [6.45, 7) is 3.89. The van der Waals surface area contributed by atoms with Crippen molar-refractivity contribution in [2.24, 2.45) is 0 Å². The monoisotopic (exact) mass is 265 g/mol. The van der Waals surface area contributed by atoms with Gasteiger partial charge in [0.25, 0.3) is 0 Å². The van der Waals surface area contributed by atoms with E-state index >= 15 is 0 Å².